The zero-order valence-corrected chi connectivity index (χ0v) is 10.2. The number of para-hydroxylation sites is 1. The van der Waals surface area contributed by atoms with E-state index >= 15 is 0 Å². The molecule has 18 heavy (non-hydrogen) atoms. The molecule has 0 amide bonds. The molecule has 90 valence electrons. The van der Waals surface area contributed by atoms with Gasteiger partial charge in [-0.05, 0) is 12.1 Å². The molecule has 0 bridgehead atoms. The standard InChI is InChI=1S/C12H11N5S/c13-17-10-6-14-7-12(16-10)18-11-5-8-3-1-2-4-9(8)15-11/h1-7,15H,13H2,(H,16,17). The highest BCUT2D eigenvalue weighted by atomic mass is 32.2. The number of nitrogens with one attached hydrogen (secondary N) is 2. The van der Waals surface area contributed by atoms with Gasteiger partial charge in [0.1, 0.15) is 5.03 Å². The normalized spacial score (nSPS) is 10.7. The Bertz CT molecular complexity index is 646. The summed E-state index contributed by atoms with van der Waals surface area (Å²) in [5.41, 5.74) is 3.59. The van der Waals surface area contributed by atoms with Gasteiger partial charge in [-0.25, -0.2) is 10.8 Å². The minimum absolute atomic E-state index is 0.552. The molecular weight excluding hydrogens is 246 g/mol. The van der Waals surface area contributed by atoms with Gasteiger partial charge in [-0.3, -0.25) is 4.98 Å². The van der Waals surface area contributed by atoms with E-state index in [1.54, 1.807) is 12.4 Å². The van der Waals surface area contributed by atoms with Crippen molar-refractivity contribution in [3.05, 3.63) is 42.7 Å². The van der Waals surface area contributed by atoms with Gasteiger partial charge < -0.3 is 10.4 Å². The van der Waals surface area contributed by atoms with E-state index in [9.17, 15) is 0 Å². The first kappa shape index (κ1) is 11.1. The molecular formula is C12H11N5S. The van der Waals surface area contributed by atoms with Crippen molar-refractivity contribution in [3.8, 4) is 0 Å². The third kappa shape index (κ3) is 2.15. The van der Waals surface area contributed by atoms with E-state index in [4.69, 9.17) is 5.84 Å². The minimum Gasteiger partial charge on any atom is -0.349 e. The second-order valence-electron chi connectivity index (χ2n) is 3.71. The molecule has 2 aromatic heterocycles. The highest BCUT2D eigenvalue weighted by Gasteiger charge is 2.04. The molecule has 0 saturated carbocycles. The number of benzene rings is 1. The molecule has 0 aliphatic heterocycles. The Morgan fingerprint density at radius 3 is 2.94 bits per heavy atom. The zero-order chi connectivity index (χ0) is 12.4. The maximum Gasteiger partial charge on any atom is 0.159 e. The zero-order valence-electron chi connectivity index (χ0n) is 9.42. The summed E-state index contributed by atoms with van der Waals surface area (Å²) in [4.78, 5) is 11.7. The average Bonchev–Trinajstić information content (AvgIpc) is 2.81. The van der Waals surface area contributed by atoms with Crippen molar-refractivity contribution in [2.75, 3.05) is 5.43 Å². The lowest BCUT2D eigenvalue weighted by Gasteiger charge is -2.00. The van der Waals surface area contributed by atoms with Gasteiger partial charge in [0, 0.05) is 10.9 Å². The van der Waals surface area contributed by atoms with Crippen LogP contribution < -0.4 is 11.3 Å². The number of nitrogen functional groups attached to an aromatic ring is 1. The summed E-state index contributed by atoms with van der Waals surface area (Å²) in [5.74, 6) is 5.86. The lowest BCUT2D eigenvalue weighted by atomic mass is 10.3. The first-order valence-electron chi connectivity index (χ1n) is 5.39. The summed E-state index contributed by atoms with van der Waals surface area (Å²) >= 11 is 1.52. The Morgan fingerprint density at radius 2 is 2.11 bits per heavy atom. The Hall–Kier alpha value is -2.05. The van der Waals surface area contributed by atoms with Crippen LogP contribution in [0.3, 0.4) is 0 Å². The third-order valence-corrected chi connectivity index (χ3v) is 3.33. The molecule has 0 fully saturated rings. The van der Waals surface area contributed by atoms with Gasteiger partial charge in [-0.15, -0.1) is 0 Å². The van der Waals surface area contributed by atoms with Gasteiger partial charge >= 0.3 is 0 Å². The average molecular weight is 257 g/mol. The quantitative estimate of drug-likeness (QED) is 0.496. The van der Waals surface area contributed by atoms with Crippen molar-refractivity contribution in [1.82, 2.24) is 15.0 Å². The van der Waals surface area contributed by atoms with Crippen LogP contribution in [0.15, 0.2) is 52.8 Å². The van der Waals surface area contributed by atoms with Crippen LogP contribution in [0.5, 0.6) is 0 Å². The number of aromatic amines is 1. The van der Waals surface area contributed by atoms with Crippen LogP contribution in [-0.2, 0) is 0 Å². The van der Waals surface area contributed by atoms with Crippen LogP contribution in [0, 0.1) is 0 Å². The number of H-pyrrole nitrogens is 1. The maximum atomic E-state index is 5.30. The van der Waals surface area contributed by atoms with E-state index in [1.165, 1.54) is 17.1 Å². The lowest BCUT2D eigenvalue weighted by Crippen LogP contribution is -2.08. The highest BCUT2D eigenvalue weighted by molar-refractivity contribution is 7.99. The van der Waals surface area contributed by atoms with Crippen LogP contribution in [-0.4, -0.2) is 15.0 Å². The molecule has 0 saturated heterocycles. The minimum atomic E-state index is 0.552. The Labute approximate surface area is 108 Å². The number of nitrogens with two attached hydrogens (primary N) is 1. The Kier molecular flexibility index (Phi) is 2.87. The second kappa shape index (κ2) is 4.67. The van der Waals surface area contributed by atoms with Crippen LogP contribution in [0.1, 0.15) is 0 Å². The molecule has 6 heteroatoms. The fourth-order valence-corrected chi connectivity index (χ4v) is 2.51. The topological polar surface area (TPSA) is 79.6 Å². The fraction of sp³-hybridized carbons (Fsp3) is 0. The molecule has 1 aromatic carbocycles. The van der Waals surface area contributed by atoms with Crippen LogP contribution >= 0.6 is 11.8 Å². The van der Waals surface area contributed by atoms with Crippen LogP contribution in [0.2, 0.25) is 0 Å². The number of anilines is 1. The number of hydrazine groups is 1. The Morgan fingerprint density at radius 1 is 1.22 bits per heavy atom. The van der Waals surface area contributed by atoms with Crippen molar-refractivity contribution in [2.45, 2.75) is 10.1 Å². The number of fused-ring (bicyclic) bond motifs is 1. The fourth-order valence-electron chi connectivity index (χ4n) is 1.68. The predicted molar refractivity (Wildman–Crippen MR) is 72.3 cm³/mol. The summed E-state index contributed by atoms with van der Waals surface area (Å²) in [5, 5.41) is 3.00. The molecule has 3 rings (SSSR count). The molecule has 5 nitrogen and oxygen atoms in total. The first-order chi connectivity index (χ1) is 8.85. The maximum absolute atomic E-state index is 5.30. The monoisotopic (exact) mass is 257 g/mol. The van der Waals surface area contributed by atoms with Gasteiger partial charge in [0.05, 0.1) is 17.4 Å². The molecule has 0 aliphatic rings. The molecule has 4 N–H and O–H groups in total. The van der Waals surface area contributed by atoms with Crippen molar-refractivity contribution >= 4 is 28.5 Å². The molecule has 0 radical (unpaired) electrons. The molecule has 0 aliphatic carbocycles. The summed E-state index contributed by atoms with van der Waals surface area (Å²) in [6, 6.07) is 10.2. The number of hydrogen-bond donors (Lipinski definition) is 3. The van der Waals surface area contributed by atoms with E-state index < -0.39 is 0 Å². The van der Waals surface area contributed by atoms with Crippen molar-refractivity contribution in [1.29, 1.82) is 0 Å². The van der Waals surface area contributed by atoms with E-state index in [2.05, 4.69) is 32.5 Å². The van der Waals surface area contributed by atoms with E-state index in [0.29, 0.717) is 5.82 Å². The molecule has 0 unspecified atom stereocenters. The van der Waals surface area contributed by atoms with E-state index in [1.807, 2.05) is 18.2 Å². The Balaban J connectivity index is 1.91. The van der Waals surface area contributed by atoms with Gasteiger partial charge in [0.2, 0.25) is 0 Å². The molecule has 0 spiro atoms. The number of hydrogen-bond acceptors (Lipinski definition) is 5. The third-order valence-electron chi connectivity index (χ3n) is 2.48. The molecule has 0 atom stereocenters. The number of nitrogens with zero attached hydrogens (tertiary/aromatic N) is 2. The van der Waals surface area contributed by atoms with Gasteiger partial charge in [-0.1, -0.05) is 30.0 Å². The second-order valence-corrected chi connectivity index (χ2v) is 4.77. The lowest BCUT2D eigenvalue weighted by molar-refractivity contribution is 1.04. The molecule has 2 heterocycles. The predicted octanol–water partition coefficient (Wildman–Crippen LogP) is 2.39. The van der Waals surface area contributed by atoms with Gasteiger partial charge in [0.25, 0.3) is 0 Å². The SMILES string of the molecule is NNc1cncc(Sc2cc3ccccc3[nH]2)n1. The van der Waals surface area contributed by atoms with Crippen molar-refractivity contribution in [3.63, 3.8) is 0 Å². The van der Waals surface area contributed by atoms with E-state index in [-0.39, 0.29) is 0 Å². The van der Waals surface area contributed by atoms with Gasteiger partial charge in [0.15, 0.2) is 5.82 Å². The van der Waals surface area contributed by atoms with Crippen LogP contribution in [0.4, 0.5) is 5.82 Å². The number of rotatable bonds is 3. The highest BCUT2D eigenvalue weighted by Crippen LogP contribution is 2.28. The van der Waals surface area contributed by atoms with Crippen molar-refractivity contribution in [2.24, 2.45) is 5.84 Å². The van der Waals surface area contributed by atoms with Gasteiger partial charge in [-0.2, -0.15) is 0 Å². The summed E-state index contributed by atoms with van der Waals surface area (Å²) in [7, 11) is 0. The first-order valence-corrected chi connectivity index (χ1v) is 6.21. The summed E-state index contributed by atoms with van der Waals surface area (Å²) < 4.78 is 0. The summed E-state index contributed by atoms with van der Waals surface area (Å²) in [6.45, 7) is 0. The summed E-state index contributed by atoms with van der Waals surface area (Å²) in [6.07, 6.45) is 3.28. The van der Waals surface area contributed by atoms with Crippen LogP contribution in [0.25, 0.3) is 10.9 Å². The van der Waals surface area contributed by atoms with E-state index in [0.717, 1.165) is 15.6 Å². The largest absolute Gasteiger partial charge is 0.349 e. The smallest absolute Gasteiger partial charge is 0.159 e. The molecule has 3 aromatic rings. The number of aromatic nitrogens is 3. The van der Waals surface area contributed by atoms with Crippen molar-refractivity contribution < 1.29 is 0 Å².